The molecule has 1 heterocycles. The van der Waals surface area contributed by atoms with Crippen molar-refractivity contribution in [1.29, 1.82) is 0 Å². The Morgan fingerprint density at radius 2 is 2.13 bits per heavy atom. The first kappa shape index (κ1) is 18.7. The number of benzene rings is 1. The highest BCUT2D eigenvalue weighted by molar-refractivity contribution is 9.10. The molecule has 1 aromatic carbocycles. The van der Waals surface area contributed by atoms with Crippen molar-refractivity contribution in [2.45, 2.75) is 32.7 Å². The van der Waals surface area contributed by atoms with Crippen LogP contribution in [0.2, 0.25) is 0 Å². The van der Waals surface area contributed by atoms with Gasteiger partial charge in [-0.05, 0) is 62.9 Å². The summed E-state index contributed by atoms with van der Waals surface area (Å²) in [6, 6.07) is 4.89. The topological polar surface area (TPSA) is 32.3 Å². The van der Waals surface area contributed by atoms with E-state index in [0.717, 1.165) is 36.8 Å². The Kier molecular flexibility index (Phi) is 6.09. The third kappa shape index (κ3) is 3.89. The van der Waals surface area contributed by atoms with Gasteiger partial charge in [0.05, 0.1) is 0 Å². The molecular formula is C17H23BrClFN2O. The molecule has 1 aliphatic heterocycles. The summed E-state index contributed by atoms with van der Waals surface area (Å²) in [5.74, 6) is 0.0929. The van der Waals surface area contributed by atoms with E-state index in [-0.39, 0.29) is 35.5 Å². The van der Waals surface area contributed by atoms with Gasteiger partial charge in [-0.1, -0.05) is 15.9 Å². The minimum atomic E-state index is -0.248. The molecule has 3 rings (SSSR count). The van der Waals surface area contributed by atoms with Crippen LogP contribution in [0.25, 0.3) is 0 Å². The van der Waals surface area contributed by atoms with Gasteiger partial charge in [-0.3, -0.25) is 4.79 Å². The number of piperidine rings is 1. The molecular weight excluding hydrogens is 383 g/mol. The average Bonchev–Trinajstić information content (AvgIpc) is 3.21. The molecule has 1 unspecified atom stereocenters. The maximum absolute atomic E-state index is 13.9. The summed E-state index contributed by atoms with van der Waals surface area (Å²) < 4.78 is 14.8. The van der Waals surface area contributed by atoms with Crippen molar-refractivity contribution in [3.63, 3.8) is 0 Å². The fraction of sp³-hybridized carbons (Fsp3) is 0.588. The van der Waals surface area contributed by atoms with E-state index in [4.69, 9.17) is 0 Å². The molecule has 23 heavy (non-hydrogen) atoms. The van der Waals surface area contributed by atoms with Crippen molar-refractivity contribution in [3.8, 4) is 0 Å². The summed E-state index contributed by atoms with van der Waals surface area (Å²) in [5.41, 5.74) is 0.801. The lowest BCUT2D eigenvalue weighted by atomic mass is 9.91. The molecule has 1 N–H and O–H groups in total. The van der Waals surface area contributed by atoms with Gasteiger partial charge in [0.1, 0.15) is 5.82 Å². The van der Waals surface area contributed by atoms with Crippen molar-refractivity contribution in [1.82, 2.24) is 10.2 Å². The van der Waals surface area contributed by atoms with Gasteiger partial charge in [0.15, 0.2) is 0 Å². The van der Waals surface area contributed by atoms with Crippen LogP contribution in [0.5, 0.6) is 0 Å². The second-order valence-corrected chi connectivity index (χ2v) is 7.37. The molecule has 1 saturated carbocycles. The fourth-order valence-electron chi connectivity index (χ4n) is 3.61. The lowest BCUT2D eigenvalue weighted by molar-refractivity contribution is -0.134. The smallest absolute Gasteiger partial charge is 0.226 e. The van der Waals surface area contributed by atoms with E-state index in [2.05, 4.69) is 21.2 Å². The highest BCUT2D eigenvalue weighted by Gasteiger charge is 2.58. The summed E-state index contributed by atoms with van der Waals surface area (Å²) in [5, 5.41) is 3.36. The standard InChI is InChI=1S/C17H22BrFN2O.ClH/c1-2-21(11-12-9-13(18)3-4-15(12)19)16(22)14-10-17(14)5-7-20-8-6-17;/h3-4,9,14,20H,2,5-8,10-11H2,1H3;1H. The second kappa shape index (κ2) is 7.49. The largest absolute Gasteiger partial charge is 0.338 e. The second-order valence-electron chi connectivity index (χ2n) is 6.46. The van der Waals surface area contributed by atoms with Gasteiger partial charge in [-0.25, -0.2) is 4.39 Å². The predicted octanol–water partition coefficient (Wildman–Crippen LogP) is 3.75. The Morgan fingerprint density at radius 1 is 1.43 bits per heavy atom. The van der Waals surface area contributed by atoms with Crippen LogP contribution in [-0.2, 0) is 11.3 Å². The number of carbonyl (C=O) groups is 1. The Morgan fingerprint density at radius 3 is 2.78 bits per heavy atom. The fourth-order valence-corrected chi connectivity index (χ4v) is 4.02. The first-order chi connectivity index (χ1) is 10.6. The monoisotopic (exact) mass is 404 g/mol. The van der Waals surface area contributed by atoms with Gasteiger partial charge in [0, 0.05) is 29.0 Å². The quantitative estimate of drug-likeness (QED) is 0.827. The summed E-state index contributed by atoms with van der Waals surface area (Å²) in [7, 11) is 0. The van der Waals surface area contributed by atoms with Crippen molar-refractivity contribution < 1.29 is 9.18 Å². The first-order valence-electron chi connectivity index (χ1n) is 7.99. The number of amides is 1. The molecule has 1 aromatic rings. The number of carbonyl (C=O) groups excluding carboxylic acids is 1. The number of hydrogen-bond donors (Lipinski definition) is 1. The van der Waals surface area contributed by atoms with Crippen molar-refractivity contribution >= 4 is 34.2 Å². The summed E-state index contributed by atoms with van der Waals surface area (Å²) in [6.07, 6.45) is 3.18. The van der Waals surface area contributed by atoms with Crippen LogP contribution >= 0.6 is 28.3 Å². The van der Waals surface area contributed by atoms with E-state index in [1.807, 2.05) is 6.92 Å². The zero-order valence-electron chi connectivity index (χ0n) is 13.3. The molecule has 0 bridgehead atoms. The van der Waals surface area contributed by atoms with E-state index in [1.54, 1.807) is 17.0 Å². The molecule has 1 atom stereocenters. The van der Waals surface area contributed by atoms with Gasteiger partial charge in [-0.2, -0.15) is 0 Å². The third-order valence-corrected chi connectivity index (χ3v) is 5.64. The van der Waals surface area contributed by atoms with Crippen LogP contribution in [-0.4, -0.2) is 30.4 Å². The van der Waals surface area contributed by atoms with E-state index in [0.29, 0.717) is 18.7 Å². The number of rotatable bonds is 4. The third-order valence-electron chi connectivity index (χ3n) is 5.15. The van der Waals surface area contributed by atoms with Crippen LogP contribution in [0.1, 0.15) is 31.7 Å². The van der Waals surface area contributed by atoms with Gasteiger partial charge in [0.2, 0.25) is 5.91 Å². The number of halogens is 3. The Balaban J connectivity index is 0.00000192. The highest BCUT2D eigenvalue weighted by atomic mass is 79.9. The summed E-state index contributed by atoms with van der Waals surface area (Å²) >= 11 is 3.37. The van der Waals surface area contributed by atoms with Gasteiger partial charge < -0.3 is 10.2 Å². The molecule has 0 radical (unpaired) electrons. The molecule has 2 fully saturated rings. The molecule has 1 saturated heterocycles. The van der Waals surface area contributed by atoms with Gasteiger partial charge in [0.25, 0.3) is 0 Å². The summed E-state index contributed by atoms with van der Waals surface area (Å²) in [6.45, 7) is 4.96. The highest BCUT2D eigenvalue weighted by Crippen LogP contribution is 2.59. The normalized spacial score (nSPS) is 21.6. The van der Waals surface area contributed by atoms with Crippen LogP contribution < -0.4 is 5.32 Å². The minimum absolute atomic E-state index is 0. The molecule has 3 nitrogen and oxygen atoms in total. The molecule has 6 heteroatoms. The predicted molar refractivity (Wildman–Crippen MR) is 95.1 cm³/mol. The van der Waals surface area contributed by atoms with E-state index in [9.17, 15) is 9.18 Å². The first-order valence-corrected chi connectivity index (χ1v) is 8.78. The average molecular weight is 406 g/mol. The van der Waals surface area contributed by atoms with Crippen molar-refractivity contribution in [3.05, 3.63) is 34.1 Å². The SMILES string of the molecule is CCN(Cc1cc(Br)ccc1F)C(=O)C1CC12CCNCC2.Cl. The van der Waals surface area contributed by atoms with Crippen molar-refractivity contribution in [2.75, 3.05) is 19.6 Å². The maximum atomic E-state index is 13.9. The zero-order chi connectivity index (χ0) is 15.7. The van der Waals surface area contributed by atoms with Gasteiger partial charge >= 0.3 is 0 Å². The van der Waals surface area contributed by atoms with Crippen LogP contribution in [0.3, 0.4) is 0 Å². The van der Waals surface area contributed by atoms with Crippen molar-refractivity contribution in [2.24, 2.45) is 11.3 Å². The molecule has 128 valence electrons. The Labute approximate surface area is 151 Å². The number of hydrogen-bond acceptors (Lipinski definition) is 2. The van der Waals surface area contributed by atoms with E-state index < -0.39 is 0 Å². The molecule has 0 aromatic heterocycles. The number of nitrogens with zero attached hydrogens (tertiary/aromatic N) is 1. The van der Waals surface area contributed by atoms with Crippen LogP contribution in [0.15, 0.2) is 22.7 Å². The Hall–Kier alpha value is -0.650. The van der Waals surface area contributed by atoms with Crippen LogP contribution in [0.4, 0.5) is 4.39 Å². The van der Waals surface area contributed by atoms with Gasteiger partial charge in [-0.15, -0.1) is 12.4 Å². The lowest BCUT2D eigenvalue weighted by Gasteiger charge is -2.26. The zero-order valence-corrected chi connectivity index (χ0v) is 15.7. The number of nitrogens with one attached hydrogen (secondary N) is 1. The minimum Gasteiger partial charge on any atom is -0.338 e. The molecule has 1 spiro atoms. The molecule has 1 amide bonds. The summed E-state index contributed by atoms with van der Waals surface area (Å²) in [4.78, 5) is 14.6. The van der Waals surface area contributed by atoms with E-state index >= 15 is 0 Å². The lowest BCUT2D eigenvalue weighted by Crippen LogP contribution is -2.36. The van der Waals surface area contributed by atoms with Crippen LogP contribution in [0, 0.1) is 17.2 Å². The van der Waals surface area contributed by atoms with E-state index in [1.165, 1.54) is 6.07 Å². The molecule has 2 aliphatic rings. The maximum Gasteiger partial charge on any atom is 0.226 e. The Bertz CT molecular complexity index is 578. The molecule has 1 aliphatic carbocycles.